The first-order chi connectivity index (χ1) is 9.84. The Morgan fingerprint density at radius 3 is 2.71 bits per heavy atom. The third-order valence-electron chi connectivity index (χ3n) is 4.74. The van der Waals surface area contributed by atoms with Crippen molar-refractivity contribution in [3.8, 4) is 0 Å². The predicted octanol–water partition coefficient (Wildman–Crippen LogP) is 1.91. The average molecular weight is 290 g/mol. The molecule has 0 unspecified atom stereocenters. The SMILES string of the molecule is CC1(C)c2ccc([N+](=O)[O-])cc2[C@@H](N2CCCC2=O)[C@@H]1O. The normalized spacial score (nSPS) is 27.0. The third kappa shape index (κ3) is 1.93. The minimum Gasteiger partial charge on any atom is -0.390 e. The number of aliphatic hydroxyl groups excluding tert-OH is 1. The molecule has 0 bridgehead atoms. The van der Waals surface area contributed by atoms with Crippen molar-refractivity contribution in [1.82, 2.24) is 4.90 Å². The summed E-state index contributed by atoms with van der Waals surface area (Å²) in [6, 6.07) is 4.19. The van der Waals surface area contributed by atoms with Crippen molar-refractivity contribution in [2.45, 2.75) is 44.2 Å². The molecule has 1 heterocycles. The van der Waals surface area contributed by atoms with E-state index in [1.807, 2.05) is 13.8 Å². The lowest BCUT2D eigenvalue weighted by atomic mass is 9.84. The van der Waals surface area contributed by atoms with Crippen LogP contribution in [0.15, 0.2) is 18.2 Å². The van der Waals surface area contributed by atoms with E-state index in [0.717, 1.165) is 12.0 Å². The van der Waals surface area contributed by atoms with Gasteiger partial charge in [-0.15, -0.1) is 0 Å². The first-order valence-corrected chi connectivity index (χ1v) is 7.10. The Bertz CT molecular complexity index is 626. The van der Waals surface area contributed by atoms with Crippen LogP contribution < -0.4 is 0 Å². The summed E-state index contributed by atoms with van der Waals surface area (Å²) < 4.78 is 0. The molecule has 0 radical (unpaired) electrons. The smallest absolute Gasteiger partial charge is 0.269 e. The standard InChI is InChI=1S/C15H18N2O4/c1-15(2)11-6-5-9(17(20)21)8-10(11)13(14(15)19)16-7-3-4-12(16)18/h5-6,8,13-14,19H,3-4,7H2,1-2H3/t13-,14+/m1/s1. The molecule has 1 saturated heterocycles. The highest BCUT2D eigenvalue weighted by molar-refractivity contribution is 5.79. The topological polar surface area (TPSA) is 83.7 Å². The van der Waals surface area contributed by atoms with E-state index in [1.54, 1.807) is 11.0 Å². The van der Waals surface area contributed by atoms with Gasteiger partial charge >= 0.3 is 0 Å². The maximum atomic E-state index is 12.0. The molecule has 1 amide bonds. The molecule has 1 fully saturated rings. The van der Waals surface area contributed by atoms with Crippen LogP contribution in [0.3, 0.4) is 0 Å². The lowest BCUT2D eigenvalue weighted by Crippen LogP contribution is -2.40. The summed E-state index contributed by atoms with van der Waals surface area (Å²) in [5, 5.41) is 21.7. The van der Waals surface area contributed by atoms with E-state index in [1.165, 1.54) is 12.1 Å². The molecule has 21 heavy (non-hydrogen) atoms. The van der Waals surface area contributed by atoms with Gasteiger partial charge in [0.1, 0.15) is 0 Å². The van der Waals surface area contributed by atoms with Crippen LogP contribution in [-0.2, 0) is 10.2 Å². The number of benzene rings is 1. The van der Waals surface area contributed by atoms with Gasteiger partial charge in [0, 0.05) is 30.5 Å². The molecule has 3 rings (SSSR count). The second-order valence-corrected chi connectivity index (χ2v) is 6.33. The Kier molecular flexibility index (Phi) is 3.02. The van der Waals surface area contributed by atoms with Crippen LogP contribution in [0.25, 0.3) is 0 Å². The monoisotopic (exact) mass is 290 g/mol. The summed E-state index contributed by atoms with van der Waals surface area (Å²) in [5.74, 6) is 0.00852. The van der Waals surface area contributed by atoms with E-state index in [4.69, 9.17) is 0 Å². The Morgan fingerprint density at radius 1 is 1.43 bits per heavy atom. The molecular weight excluding hydrogens is 272 g/mol. The zero-order valence-electron chi connectivity index (χ0n) is 12.1. The number of carbonyl (C=O) groups excluding carboxylic acids is 1. The van der Waals surface area contributed by atoms with E-state index in [0.29, 0.717) is 18.5 Å². The van der Waals surface area contributed by atoms with Gasteiger partial charge in [0.2, 0.25) is 5.91 Å². The van der Waals surface area contributed by atoms with Crippen LogP contribution in [0.4, 0.5) is 5.69 Å². The van der Waals surface area contributed by atoms with Gasteiger partial charge in [-0.3, -0.25) is 14.9 Å². The van der Waals surface area contributed by atoms with Crippen LogP contribution in [0.1, 0.15) is 43.9 Å². The molecule has 1 aromatic carbocycles. The number of nitro groups is 1. The van der Waals surface area contributed by atoms with Crippen LogP contribution in [-0.4, -0.2) is 33.5 Å². The molecule has 2 atom stereocenters. The van der Waals surface area contributed by atoms with Gasteiger partial charge < -0.3 is 10.0 Å². The Morgan fingerprint density at radius 2 is 2.14 bits per heavy atom. The Labute approximate surface area is 122 Å². The van der Waals surface area contributed by atoms with Crippen molar-refractivity contribution >= 4 is 11.6 Å². The third-order valence-corrected chi connectivity index (χ3v) is 4.74. The lowest BCUT2D eigenvalue weighted by molar-refractivity contribution is -0.385. The fourth-order valence-corrected chi connectivity index (χ4v) is 3.52. The number of rotatable bonds is 2. The van der Waals surface area contributed by atoms with E-state index in [9.17, 15) is 20.0 Å². The summed E-state index contributed by atoms with van der Waals surface area (Å²) in [5.41, 5.74) is 1.05. The Balaban J connectivity index is 2.13. The number of nitro benzene ring substituents is 1. The van der Waals surface area contributed by atoms with Gasteiger partial charge in [-0.05, 0) is 17.5 Å². The first kappa shape index (κ1) is 14.0. The quantitative estimate of drug-likeness (QED) is 0.666. The zero-order chi connectivity index (χ0) is 15.4. The highest BCUT2D eigenvalue weighted by Gasteiger charge is 2.50. The lowest BCUT2D eigenvalue weighted by Gasteiger charge is -2.32. The number of nitrogens with zero attached hydrogens (tertiary/aromatic N) is 2. The number of hydrogen-bond donors (Lipinski definition) is 1. The second kappa shape index (κ2) is 4.53. The first-order valence-electron chi connectivity index (χ1n) is 7.10. The molecule has 0 spiro atoms. The number of fused-ring (bicyclic) bond motifs is 1. The van der Waals surface area contributed by atoms with E-state index >= 15 is 0 Å². The summed E-state index contributed by atoms with van der Waals surface area (Å²) in [4.78, 5) is 24.3. The number of hydrogen-bond acceptors (Lipinski definition) is 4. The fourth-order valence-electron chi connectivity index (χ4n) is 3.52. The van der Waals surface area contributed by atoms with Gasteiger partial charge in [-0.25, -0.2) is 0 Å². The van der Waals surface area contributed by atoms with Crippen LogP contribution in [0.5, 0.6) is 0 Å². The highest BCUT2D eigenvalue weighted by Crippen LogP contribution is 2.49. The maximum absolute atomic E-state index is 12.0. The zero-order valence-corrected chi connectivity index (χ0v) is 12.1. The Hall–Kier alpha value is -1.95. The maximum Gasteiger partial charge on any atom is 0.269 e. The number of amides is 1. The summed E-state index contributed by atoms with van der Waals surface area (Å²) in [6.07, 6.45) is 0.497. The molecule has 6 heteroatoms. The molecule has 6 nitrogen and oxygen atoms in total. The van der Waals surface area contributed by atoms with Crippen LogP contribution in [0.2, 0.25) is 0 Å². The second-order valence-electron chi connectivity index (χ2n) is 6.33. The largest absolute Gasteiger partial charge is 0.390 e. The molecule has 2 aliphatic rings. The summed E-state index contributed by atoms with van der Waals surface area (Å²) in [6.45, 7) is 4.41. The molecule has 1 aromatic rings. The molecule has 1 aliphatic heterocycles. The van der Waals surface area contributed by atoms with Crippen molar-refractivity contribution in [2.75, 3.05) is 6.54 Å². The minimum absolute atomic E-state index is 0.00436. The molecule has 112 valence electrons. The molecule has 1 N–H and O–H groups in total. The van der Waals surface area contributed by atoms with Gasteiger partial charge in [0.15, 0.2) is 0 Å². The minimum atomic E-state index is -0.753. The van der Waals surface area contributed by atoms with Crippen LogP contribution in [0, 0.1) is 10.1 Å². The molecule has 0 saturated carbocycles. The van der Waals surface area contributed by atoms with Crippen molar-refractivity contribution in [3.63, 3.8) is 0 Å². The van der Waals surface area contributed by atoms with Crippen molar-refractivity contribution in [1.29, 1.82) is 0 Å². The molecule has 0 aromatic heterocycles. The van der Waals surface area contributed by atoms with Gasteiger partial charge in [0.05, 0.1) is 17.1 Å². The summed E-state index contributed by atoms with van der Waals surface area (Å²) >= 11 is 0. The average Bonchev–Trinajstić information content (AvgIpc) is 2.91. The van der Waals surface area contributed by atoms with Gasteiger partial charge in [-0.1, -0.05) is 19.9 Å². The molecular formula is C15H18N2O4. The van der Waals surface area contributed by atoms with Crippen molar-refractivity contribution in [3.05, 3.63) is 39.4 Å². The van der Waals surface area contributed by atoms with Crippen molar-refractivity contribution in [2.24, 2.45) is 0 Å². The summed E-state index contributed by atoms with van der Waals surface area (Å²) in [7, 11) is 0. The molecule has 1 aliphatic carbocycles. The number of likely N-dealkylation sites (tertiary alicyclic amines) is 1. The number of non-ortho nitro benzene ring substituents is 1. The van der Waals surface area contributed by atoms with Gasteiger partial charge in [-0.2, -0.15) is 0 Å². The van der Waals surface area contributed by atoms with E-state index in [-0.39, 0.29) is 11.6 Å². The van der Waals surface area contributed by atoms with Crippen LogP contribution >= 0.6 is 0 Å². The van der Waals surface area contributed by atoms with E-state index < -0.39 is 22.5 Å². The van der Waals surface area contributed by atoms with E-state index in [2.05, 4.69) is 0 Å². The predicted molar refractivity (Wildman–Crippen MR) is 75.8 cm³/mol. The fraction of sp³-hybridized carbons (Fsp3) is 0.533. The number of carbonyl (C=O) groups is 1. The number of aliphatic hydroxyl groups is 1. The highest BCUT2D eigenvalue weighted by atomic mass is 16.6. The van der Waals surface area contributed by atoms with Crippen molar-refractivity contribution < 1.29 is 14.8 Å². The van der Waals surface area contributed by atoms with Gasteiger partial charge in [0.25, 0.3) is 5.69 Å².